The van der Waals surface area contributed by atoms with E-state index in [9.17, 15) is 0 Å². The minimum absolute atomic E-state index is 0.467. The normalized spacial score (nSPS) is 37.5. The molecular formula is C13H26N2O. The van der Waals surface area contributed by atoms with E-state index < -0.39 is 0 Å². The Morgan fingerprint density at radius 3 is 3.00 bits per heavy atom. The van der Waals surface area contributed by atoms with Gasteiger partial charge in [0.1, 0.15) is 0 Å². The summed E-state index contributed by atoms with van der Waals surface area (Å²) in [6.07, 6.45) is 6.93. The Hall–Kier alpha value is -0.120. The van der Waals surface area contributed by atoms with Crippen LogP contribution in [-0.2, 0) is 4.74 Å². The zero-order valence-electron chi connectivity index (χ0n) is 10.5. The number of ether oxygens (including phenoxy) is 1. The minimum atomic E-state index is 0.467. The van der Waals surface area contributed by atoms with Crippen LogP contribution in [0.1, 0.15) is 39.0 Å². The van der Waals surface area contributed by atoms with Crippen LogP contribution in [0.15, 0.2) is 0 Å². The SMILES string of the molecule is CCC1CCCC(N2CCOCC2CN)C1. The zero-order chi connectivity index (χ0) is 11.4. The van der Waals surface area contributed by atoms with Gasteiger partial charge in [-0.3, -0.25) is 4.90 Å². The summed E-state index contributed by atoms with van der Waals surface area (Å²) in [6, 6.07) is 1.24. The Bertz CT molecular complexity index is 210. The molecule has 0 aromatic carbocycles. The highest BCUT2D eigenvalue weighted by Gasteiger charge is 2.31. The van der Waals surface area contributed by atoms with Crippen molar-refractivity contribution in [3.05, 3.63) is 0 Å². The molecule has 1 saturated carbocycles. The smallest absolute Gasteiger partial charge is 0.0634 e. The molecule has 2 aliphatic rings. The molecule has 1 aliphatic heterocycles. The number of rotatable bonds is 3. The maximum Gasteiger partial charge on any atom is 0.0634 e. The molecule has 0 radical (unpaired) electrons. The second kappa shape index (κ2) is 5.99. The first-order valence-corrected chi connectivity index (χ1v) is 6.88. The standard InChI is InChI=1S/C13H26N2O/c1-2-11-4-3-5-12(8-11)15-6-7-16-10-13(15)9-14/h11-13H,2-10,14H2,1H3. The molecule has 0 spiro atoms. The van der Waals surface area contributed by atoms with Crippen molar-refractivity contribution in [1.82, 2.24) is 4.90 Å². The van der Waals surface area contributed by atoms with Gasteiger partial charge in [0.2, 0.25) is 0 Å². The van der Waals surface area contributed by atoms with Crippen LogP contribution in [0.3, 0.4) is 0 Å². The van der Waals surface area contributed by atoms with E-state index in [4.69, 9.17) is 10.5 Å². The molecule has 2 rings (SSSR count). The van der Waals surface area contributed by atoms with Gasteiger partial charge in [0.25, 0.3) is 0 Å². The number of nitrogens with two attached hydrogens (primary N) is 1. The third kappa shape index (κ3) is 2.76. The molecule has 1 heterocycles. The van der Waals surface area contributed by atoms with Gasteiger partial charge in [0.15, 0.2) is 0 Å². The number of hydrogen-bond donors (Lipinski definition) is 1. The molecule has 1 saturated heterocycles. The van der Waals surface area contributed by atoms with Gasteiger partial charge < -0.3 is 10.5 Å². The van der Waals surface area contributed by atoms with Crippen molar-refractivity contribution < 1.29 is 4.74 Å². The second-order valence-electron chi connectivity index (χ2n) is 5.30. The van der Waals surface area contributed by atoms with Gasteiger partial charge in [-0.1, -0.05) is 26.2 Å². The lowest BCUT2D eigenvalue weighted by molar-refractivity contribution is -0.0372. The highest BCUT2D eigenvalue weighted by Crippen LogP contribution is 2.31. The van der Waals surface area contributed by atoms with E-state index in [1.165, 1.54) is 32.1 Å². The van der Waals surface area contributed by atoms with Crippen LogP contribution >= 0.6 is 0 Å². The number of morpholine rings is 1. The lowest BCUT2D eigenvalue weighted by Crippen LogP contribution is -2.54. The Morgan fingerprint density at radius 2 is 2.25 bits per heavy atom. The largest absolute Gasteiger partial charge is 0.378 e. The van der Waals surface area contributed by atoms with Crippen LogP contribution in [0.5, 0.6) is 0 Å². The van der Waals surface area contributed by atoms with Crippen molar-refractivity contribution in [3.8, 4) is 0 Å². The van der Waals surface area contributed by atoms with Crippen LogP contribution < -0.4 is 5.73 Å². The second-order valence-corrected chi connectivity index (χ2v) is 5.30. The molecule has 94 valence electrons. The summed E-state index contributed by atoms with van der Waals surface area (Å²) in [4.78, 5) is 2.63. The first-order chi connectivity index (χ1) is 7.85. The van der Waals surface area contributed by atoms with Crippen molar-refractivity contribution in [3.63, 3.8) is 0 Å². The molecule has 0 aromatic rings. The summed E-state index contributed by atoms with van der Waals surface area (Å²) >= 11 is 0. The first kappa shape index (κ1) is 12.3. The van der Waals surface area contributed by atoms with E-state index in [0.717, 1.165) is 38.3 Å². The van der Waals surface area contributed by atoms with Crippen molar-refractivity contribution in [1.29, 1.82) is 0 Å². The predicted octanol–water partition coefficient (Wildman–Crippen LogP) is 1.61. The van der Waals surface area contributed by atoms with Crippen LogP contribution in [0.4, 0.5) is 0 Å². The minimum Gasteiger partial charge on any atom is -0.378 e. The van der Waals surface area contributed by atoms with E-state index >= 15 is 0 Å². The molecule has 16 heavy (non-hydrogen) atoms. The molecule has 0 amide bonds. The number of hydrogen-bond acceptors (Lipinski definition) is 3. The highest BCUT2D eigenvalue weighted by molar-refractivity contribution is 4.86. The summed E-state index contributed by atoms with van der Waals surface area (Å²) in [5.41, 5.74) is 5.85. The predicted molar refractivity (Wildman–Crippen MR) is 66.4 cm³/mol. The number of nitrogens with zero attached hydrogens (tertiary/aromatic N) is 1. The quantitative estimate of drug-likeness (QED) is 0.794. The average molecular weight is 226 g/mol. The third-order valence-corrected chi connectivity index (χ3v) is 4.35. The fraction of sp³-hybridized carbons (Fsp3) is 1.00. The van der Waals surface area contributed by atoms with Gasteiger partial charge in [0.05, 0.1) is 13.2 Å². The molecule has 3 heteroatoms. The van der Waals surface area contributed by atoms with Crippen molar-refractivity contribution in [2.45, 2.75) is 51.1 Å². The van der Waals surface area contributed by atoms with E-state index in [0.29, 0.717) is 6.04 Å². The molecule has 0 aromatic heterocycles. The summed E-state index contributed by atoms with van der Waals surface area (Å²) in [7, 11) is 0. The molecular weight excluding hydrogens is 200 g/mol. The lowest BCUT2D eigenvalue weighted by atomic mass is 9.83. The molecule has 2 fully saturated rings. The molecule has 3 nitrogen and oxygen atoms in total. The highest BCUT2D eigenvalue weighted by atomic mass is 16.5. The molecule has 3 unspecified atom stereocenters. The topological polar surface area (TPSA) is 38.5 Å². The summed E-state index contributed by atoms with van der Waals surface area (Å²) in [6.45, 7) is 5.89. The lowest BCUT2D eigenvalue weighted by Gasteiger charge is -2.43. The van der Waals surface area contributed by atoms with Crippen molar-refractivity contribution >= 4 is 0 Å². The van der Waals surface area contributed by atoms with Crippen LogP contribution in [-0.4, -0.2) is 43.3 Å². The maximum absolute atomic E-state index is 5.85. The maximum atomic E-state index is 5.85. The zero-order valence-corrected chi connectivity index (χ0v) is 10.5. The first-order valence-electron chi connectivity index (χ1n) is 6.88. The Morgan fingerprint density at radius 1 is 1.38 bits per heavy atom. The van der Waals surface area contributed by atoms with Crippen molar-refractivity contribution in [2.75, 3.05) is 26.3 Å². The van der Waals surface area contributed by atoms with Crippen molar-refractivity contribution in [2.24, 2.45) is 11.7 Å². The van der Waals surface area contributed by atoms with Gasteiger partial charge in [-0.25, -0.2) is 0 Å². The third-order valence-electron chi connectivity index (χ3n) is 4.35. The van der Waals surface area contributed by atoms with Gasteiger partial charge in [-0.15, -0.1) is 0 Å². The van der Waals surface area contributed by atoms with E-state index in [1.54, 1.807) is 0 Å². The van der Waals surface area contributed by atoms with Gasteiger partial charge in [-0.05, 0) is 18.8 Å². The monoisotopic (exact) mass is 226 g/mol. The summed E-state index contributed by atoms with van der Waals surface area (Å²) in [5, 5.41) is 0. The van der Waals surface area contributed by atoms with Gasteiger partial charge >= 0.3 is 0 Å². The molecule has 3 atom stereocenters. The van der Waals surface area contributed by atoms with E-state index in [-0.39, 0.29) is 0 Å². The molecule has 2 N–H and O–H groups in total. The van der Waals surface area contributed by atoms with Crippen LogP contribution in [0.25, 0.3) is 0 Å². The summed E-state index contributed by atoms with van der Waals surface area (Å²) in [5.74, 6) is 0.944. The summed E-state index contributed by atoms with van der Waals surface area (Å²) < 4.78 is 5.53. The Balaban J connectivity index is 1.93. The Kier molecular flexibility index (Phi) is 4.62. The van der Waals surface area contributed by atoms with Crippen LogP contribution in [0.2, 0.25) is 0 Å². The average Bonchev–Trinajstić information content (AvgIpc) is 2.38. The van der Waals surface area contributed by atoms with Gasteiger partial charge in [0, 0.05) is 25.2 Å². The fourth-order valence-corrected chi connectivity index (χ4v) is 3.29. The van der Waals surface area contributed by atoms with E-state index in [2.05, 4.69) is 11.8 Å². The Labute approximate surface area is 99.3 Å². The van der Waals surface area contributed by atoms with Crippen LogP contribution in [0, 0.1) is 5.92 Å². The fourth-order valence-electron chi connectivity index (χ4n) is 3.29. The molecule has 0 bridgehead atoms. The molecule has 1 aliphatic carbocycles. The van der Waals surface area contributed by atoms with E-state index in [1.807, 2.05) is 0 Å². The van der Waals surface area contributed by atoms with Gasteiger partial charge in [-0.2, -0.15) is 0 Å².